The van der Waals surface area contributed by atoms with E-state index in [1.165, 1.54) is 0 Å². The second kappa shape index (κ2) is 5.01. The van der Waals surface area contributed by atoms with Crippen molar-refractivity contribution in [1.82, 2.24) is 0 Å². The minimum atomic E-state index is -4.09. The fraction of sp³-hybridized carbons (Fsp3) is 0.364. The van der Waals surface area contributed by atoms with E-state index >= 15 is 0 Å². The van der Waals surface area contributed by atoms with Crippen LogP contribution in [0.25, 0.3) is 0 Å². The highest BCUT2D eigenvalue weighted by Gasteiger charge is 2.35. The van der Waals surface area contributed by atoms with Crippen molar-refractivity contribution in [3.05, 3.63) is 35.4 Å². The summed E-state index contributed by atoms with van der Waals surface area (Å²) in [5.74, 6) is -3.00. The topological polar surface area (TPSA) is 77.2 Å². The summed E-state index contributed by atoms with van der Waals surface area (Å²) in [6.45, 7) is 2.21. The van der Waals surface area contributed by atoms with Crippen molar-refractivity contribution >= 4 is 15.7 Å². The van der Waals surface area contributed by atoms with Crippen molar-refractivity contribution in [2.75, 3.05) is 0 Å². The Balaban J connectivity index is 3.31. The van der Waals surface area contributed by atoms with Gasteiger partial charge in [0.25, 0.3) is 0 Å². The maximum absolute atomic E-state index is 13.5. The molecule has 18 heavy (non-hydrogen) atoms. The molecule has 100 valence electrons. The largest absolute Gasteiger partial charge is 0.369 e. The number of carbonyl (C=O) groups is 1. The lowest BCUT2D eigenvalue weighted by molar-refractivity contribution is -0.117. The van der Waals surface area contributed by atoms with E-state index in [9.17, 15) is 22.0 Å². The van der Waals surface area contributed by atoms with E-state index in [1.807, 2.05) is 0 Å². The average Bonchev–Trinajstić information content (AvgIpc) is 2.27. The Morgan fingerprint density at radius 1 is 1.22 bits per heavy atom. The van der Waals surface area contributed by atoms with Gasteiger partial charge in [-0.3, -0.25) is 4.79 Å². The smallest absolute Gasteiger partial charge is 0.235 e. The molecule has 4 nitrogen and oxygen atoms in total. The van der Waals surface area contributed by atoms with Crippen LogP contribution in [-0.2, 0) is 14.6 Å². The molecule has 0 aliphatic rings. The Kier molecular flexibility index (Phi) is 4.05. The lowest BCUT2D eigenvalue weighted by atomic mass is 10.1. The van der Waals surface area contributed by atoms with E-state index in [-0.39, 0.29) is 0 Å². The fourth-order valence-corrected chi connectivity index (χ4v) is 3.02. The van der Waals surface area contributed by atoms with Gasteiger partial charge in [0.1, 0.15) is 16.9 Å². The summed E-state index contributed by atoms with van der Waals surface area (Å²) in [5, 5.41) is -2.99. The van der Waals surface area contributed by atoms with E-state index < -0.39 is 43.4 Å². The molecule has 0 aliphatic heterocycles. The summed E-state index contributed by atoms with van der Waals surface area (Å²) in [6.07, 6.45) is 0. The van der Waals surface area contributed by atoms with E-state index in [1.54, 1.807) is 0 Å². The lowest BCUT2D eigenvalue weighted by Crippen LogP contribution is -2.35. The molecule has 0 aliphatic carbocycles. The zero-order valence-corrected chi connectivity index (χ0v) is 10.7. The van der Waals surface area contributed by atoms with Gasteiger partial charge in [0.05, 0.1) is 5.25 Å². The lowest BCUT2D eigenvalue weighted by Gasteiger charge is -2.17. The first-order chi connectivity index (χ1) is 8.19. The molecule has 0 radical (unpaired) electrons. The third-order valence-corrected chi connectivity index (χ3v) is 5.23. The summed E-state index contributed by atoms with van der Waals surface area (Å²) < 4.78 is 50.8. The Morgan fingerprint density at radius 2 is 1.67 bits per heavy atom. The molecule has 0 unspecified atom stereocenters. The first-order valence-electron chi connectivity index (χ1n) is 5.15. The molecule has 1 rings (SSSR count). The number of halogens is 2. The van der Waals surface area contributed by atoms with Gasteiger partial charge in [-0.15, -0.1) is 0 Å². The number of nitrogens with two attached hydrogens (primary N) is 1. The number of hydrogen-bond acceptors (Lipinski definition) is 3. The van der Waals surface area contributed by atoms with Crippen molar-refractivity contribution in [2.24, 2.45) is 5.73 Å². The van der Waals surface area contributed by atoms with Crippen LogP contribution in [0.5, 0.6) is 0 Å². The average molecular weight is 277 g/mol. The first kappa shape index (κ1) is 14.6. The standard InChI is InChI=1S/C11H13F2NO3S/c1-6(18(16,17)7(2)11(14)15)10-8(12)4-3-5-9(10)13/h3-7H,1-2H3,(H2,14,15)/t6-,7-/m1/s1. The molecule has 0 fully saturated rings. The van der Waals surface area contributed by atoms with E-state index in [0.717, 1.165) is 32.0 Å². The van der Waals surface area contributed by atoms with Crippen molar-refractivity contribution in [2.45, 2.75) is 24.3 Å². The van der Waals surface area contributed by atoms with Crippen LogP contribution in [-0.4, -0.2) is 19.6 Å². The van der Waals surface area contributed by atoms with Crippen LogP contribution in [0.4, 0.5) is 8.78 Å². The quantitative estimate of drug-likeness (QED) is 0.901. The molecule has 2 N–H and O–H groups in total. The van der Waals surface area contributed by atoms with Crippen molar-refractivity contribution in [3.63, 3.8) is 0 Å². The molecule has 2 atom stereocenters. The van der Waals surface area contributed by atoms with Crippen molar-refractivity contribution < 1.29 is 22.0 Å². The zero-order valence-electron chi connectivity index (χ0n) is 9.85. The summed E-state index contributed by atoms with van der Waals surface area (Å²) in [6, 6.07) is 3.05. The molecule has 0 bridgehead atoms. The summed E-state index contributed by atoms with van der Waals surface area (Å²) >= 11 is 0. The van der Waals surface area contributed by atoms with Crippen LogP contribution >= 0.6 is 0 Å². The second-order valence-electron chi connectivity index (χ2n) is 3.91. The van der Waals surface area contributed by atoms with Crippen LogP contribution in [0.1, 0.15) is 24.7 Å². The monoisotopic (exact) mass is 277 g/mol. The number of amides is 1. The van der Waals surface area contributed by atoms with Crippen LogP contribution in [0.15, 0.2) is 18.2 Å². The van der Waals surface area contributed by atoms with Crippen molar-refractivity contribution in [1.29, 1.82) is 0 Å². The maximum atomic E-state index is 13.5. The Bertz CT molecular complexity index is 551. The van der Waals surface area contributed by atoms with E-state index in [2.05, 4.69) is 0 Å². The summed E-state index contributed by atoms with van der Waals surface area (Å²) in [5.41, 5.74) is 4.33. The Labute approximate surface area is 104 Å². The zero-order chi connectivity index (χ0) is 14.1. The highest BCUT2D eigenvalue weighted by Crippen LogP contribution is 2.29. The molecule has 0 saturated heterocycles. The number of rotatable bonds is 4. The van der Waals surface area contributed by atoms with Gasteiger partial charge < -0.3 is 5.73 Å². The predicted octanol–water partition coefficient (Wildman–Crippen LogP) is 1.31. The molecular formula is C11H13F2NO3S. The van der Waals surface area contributed by atoms with Crippen molar-refractivity contribution in [3.8, 4) is 0 Å². The van der Waals surface area contributed by atoms with Gasteiger partial charge in [0.15, 0.2) is 9.84 Å². The molecule has 0 saturated carbocycles. The minimum absolute atomic E-state index is 0.578. The third kappa shape index (κ3) is 2.50. The molecule has 7 heteroatoms. The molecule has 0 spiro atoms. The normalized spacial score (nSPS) is 15.1. The summed E-state index contributed by atoms with van der Waals surface area (Å²) in [7, 11) is -4.09. The maximum Gasteiger partial charge on any atom is 0.235 e. The third-order valence-electron chi connectivity index (χ3n) is 2.79. The molecule has 1 aromatic carbocycles. The second-order valence-corrected chi connectivity index (χ2v) is 6.50. The van der Waals surface area contributed by atoms with E-state index in [0.29, 0.717) is 0 Å². The van der Waals surface area contributed by atoms with Gasteiger partial charge in [-0.2, -0.15) is 0 Å². The molecule has 1 amide bonds. The Morgan fingerprint density at radius 3 is 2.06 bits per heavy atom. The number of primary amides is 1. The molecule has 0 aromatic heterocycles. The van der Waals surface area contributed by atoms with Crippen LogP contribution in [0.2, 0.25) is 0 Å². The van der Waals surface area contributed by atoms with Crippen LogP contribution < -0.4 is 5.73 Å². The molecule has 1 aromatic rings. The predicted molar refractivity (Wildman–Crippen MR) is 62.3 cm³/mol. The van der Waals surface area contributed by atoms with Gasteiger partial charge in [-0.1, -0.05) is 6.07 Å². The van der Waals surface area contributed by atoms with Gasteiger partial charge in [-0.25, -0.2) is 17.2 Å². The number of sulfone groups is 1. The number of carbonyl (C=O) groups excluding carboxylic acids is 1. The summed E-state index contributed by atoms with van der Waals surface area (Å²) in [4.78, 5) is 10.9. The fourth-order valence-electron chi connectivity index (χ4n) is 1.53. The van der Waals surface area contributed by atoms with Crippen LogP contribution in [0.3, 0.4) is 0 Å². The highest BCUT2D eigenvalue weighted by molar-refractivity contribution is 7.93. The molecule has 0 heterocycles. The minimum Gasteiger partial charge on any atom is -0.369 e. The molecular weight excluding hydrogens is 264 g/mol. The van der Waals surface area contributed by atoms with Crippen LogP contribution in [0, 0.1) is 11.6 Å². The first-order valence-corrected chi connectivity index (χ1v) is 6.76. The van der Waals surface area contributed by atoms with Gasteiger partial charge in [-0.05, 0) is 26.0 Å². The number of benzene rings is 1. The Hall–Kier alpha value is -1.50. The number of hydrogen-bond donors (Lipinski definition) is 1. The SMILES string of the molecule is C[C@H](C(N)=O)S(=O)(=O)[C@H](C)c1c(F)cccc1F. The van der Waals surface area contributed by atoms with Gasteiger partial charge in [0.2, 0.25) is 5.91 Å². The van der Waals surface area contributed by atoms with Gasteiger partial charge >= 0.3 is 0 Å². The highest BCUT2D eigenvalue weighted by atomic mass is 32.2. The van der Waals surface area contributed by atoms with E-state index in [4.69, 9.17) is 5.73 Å². The van der Waals surface area contributed by atoms with Gasteiger partial charge in [0, 0.05) is 5.56 Å².